The van der Waals surface area contributed by atoms with Gasteiger partial charge in [0.05, 0.1) is 12.5 Å². The second-order valence-corrected chi connectivity index (χ2v) is 4.72. The minimum atomic E-state index is -4.17. The Morgan fingerprint density at radius 2 is 1.90 bits per heavy atom. The van der Waals surface area contributed by atoms with Crippen LogP contribution in [0.25, 0.3) is 0 Å². The van der Waals surface area contributed by atoms with E-state index in [9.17, 15) is 13.2 Å². The first-order valence-corrected chi connectivity index (χ1v) is 6.49. The third-order valence-electron chi connectivity index (χ3n) is 2.65. The van der Waals surface area contributed by atoms with E-state index in [1.807, 2.05) is 19.1 Å². The number of aliphatic imine (C=N–C) groups is 1. The van der Waals surface area contributed by atoms with Gasteiger partial charge in [-0.15, -0.1) is 0 Å². The molecule has 112 valence electrons. The van der Waals surface area contributed by atoms with Gasteiger partial charge >= 0.3 is 6.18 Å². The van der Waals surface area contributed by atoms with Crippen LogP contribution in [-0.2, 0) is 0 Å². The molecule has 3 nitrogen and oxygen atoms in total. The first-order chi connectivity index (χ1) is 9.31. The molecule has 0 aliphatic heterocycles. The standard InChI is InChI=1S/C13H17ClF3N3/c1-9(10-3-5-11(14)6-4-10)20-12(18-2)19-8-7-13(15,16)17/h3-6,9H,7-8H2,1-2H3,(H2,18,19,20). The number of rotatable bonds is 4. The number of guanidine groups is 1. The number of hydrogen-bond donors (Lipinski definition) is 2. The Morgan fingerprint density at radius 3 is 2.40 bits per heavy atom. The first-order valence-electron chi connectivity index (χ1n) is 6.11. The Kier molecular flexibility index (Phi) is 6.13. The second kappa shape index (κ2) is 7.38. The van der Waals surface area contributed by atoms with Crippen molar-refractivity contribution in [3.05, 3.63) is 34.9 Å². The largest absolute Gasteiger partial charge is 0.390 e. The molecule has 0 heterocycles. The molecular weight excluding hydrogens is 291 g/mol. The van der Waals surface area contributed by atoms with Crippen LogP contribution in [-0.4, -0.2) is 25.7 Å². The predicted octanol–water partition coefficient (Wildman–Crippen LogP) is 3.52. The van der Waals surface area contributed by atoms with Crippen LogP contribution in [0, 0.1) is 0 Å². The summed E-state index contributed by atoms with van der Waals surface area (Å²) in [5, 5.41) is 6.28. The maximum absolute atomic E-state index is 12.1. The van der Waals surface area contributed by atoms with Gasteiger partial charge in [0.1, 0.15) is 0 Å². The zero-order valence-corrected chi connectivity index (χ0v) is 12.0. The van der Waals surface area contributed by atoms with Crippen LogP contribution in [0.5, 0.6) is 0 Å². The van der Waals surface area contributed by atoms with Gasteiger partial charge in [-0.3, -0.25) is 4.99 Å². The summed E-state index contributed by atoms with van der Waals surface area (Å²) in [7, 11) is 1.51. The highest BCUT2D eigenvalue weighted by Gasteiger charge is 2.26. The van der Waals surface area contributed by atoms with Crippen LogP contribution in [0.3, 0.4) is 0 Å². The maximum Gasteiger partial charge on any atom is 0.390 e. The van der Waals surface area contributed by atoms with Crippen molar-refractivity contribution in [2.75, 3.05) is 13.6 Å². The number of hydrogen-bond acceptors (Lipinski definition) is 1. The van der Waals surface area contributed by atoms with Crippen molar-refractivity contribution < 1.29 is 13.2 Å². The molecule has 0 spiro atoms. The minimum Gasteiger partial charge on any atom is -0.356 e. The highest BCUT2D eigenvalue weighted by atomic mass is 35.5. The average Bonchev–Trinajstić information content (AvgIpc) is 2.36. The van der Waals surface area contributed by atoms with Crippen LogP contribution in [0.15, 0.2) is 29.3 Å². The van der Waals surface area contributed by atoms with Gasteiger partial charge in [0.2, 0.25) is 0 Å². The molecule has 2 N–H and O–H groups in total. The molecule has 0 aliphatic carbocycles. The molecule has 1 aromatic rings. The number of alkyl halides is 3. The summed E-state index contributed by atoms with van der Waals surface area (Å²) < 4.78 is 36.2. The second-order valence-electron chi connectivity index (χ2n) is 4.28. The molecule has 0 saturated carbocycles. The third-order valence-corrected chi connectivity index (χ3v) is 2.90. The van der Waals surface area contributed by atoms with Crippen molar-refractivity contribution in [1.29, 1.82) is 0 Å². The fourth-order valence-electron chi connectivity index (χ4n) is 1.56. The van der Waals surface area contributed by atoms with Crippen molar-refractivity contribution in [3.8, 4) is 0 Å². The van der Waals surface area contributed by atoms with E-state index in [0.29, 0.717) is 11.0 Å². The SMILES string of the molecule is CN=C(NCCC(F)(F)F)NC(C)c1ccc(Cl)cc1. The molecule has 1 aromatic carbocycles. The predicted molar refractivity (Wildman–Crippen MR) is 75.0 cm³/mol. The number of nitrogens with one attached hydrogen (secondary N) is 2. The topological polar surface area (TPSA) is 36.4 Å². The molecular formula is C13H17ClF3N3. The number of benzene rings is 1. The molecule has 0 amide bonds. The molecule has 0 bridgehead atoms. The lowest BCUT2D eigenvalue weighted by Gasteiger charge is -2.18. The fourth-order valence-corrected chi connectivity index (χ4v) is 1.68. The summed E-state index contributed by atoms with van der Waals surface area (Å²) in [5.74, 6) is 0.330. The highest BCUT2D eigenvalue weighted by Crippen LogP contribution is 2.18. The van der Waals surface area contributed by atoms with Crippen LogP contribution < -0.4 is 10.6 Å². The van der Waals surface area contributed by atoms with Gasteiger partial charge in [0.25, 0.3) is 0 Å². The van der Waals surface area contributed by atoms with Gasteiger partial charge in [0.15, 0.2) is 5.96 Å². The fraction of sp³-hybridized carbons (Fsp3) is 0.462. The molecule has 7 heteroatoms. The summed E-state index contributed by atoms with van der Waals surface area (Å²) in [4.78, 5) is 3.89. The normalized spacial score (nSPS) is 14.0. The Balaban J connectivity index is 2.50. The Bertz CT molecular complexity index is 443. The Labute approximate surface area is 121 Å². The molecule has 0 fully saturated rings. The van der Waals surface area contributed by atoms with Gasteiger partial charge < -0.3 is 10.6 Å². The van der Waals surface area contributed by atoms with Crippen LogP contribution in [0.2, 0.25) is 5.02 Å². The monoisotopic (exact) mass is 307 g/mol. The Hall–Kier alpha value is -1.43. The molecule has 0 saturated heterocycles. The van der Waals surface area contributed by atoms with Gasteiger partial charge in [-0.05, 0) is 24.6 Å². The third kappa shape index (κ3) is 6.14. The van der Waals surface area contributed by atoms with E-state index in [2.05, 4.69) is 15.6 Å². The van der Waals surface area contributed by atoms with Crippen molar-refractivity contribution in [2.24, 2.45) is 4.99 Å². The van der Waals surface area contributed by atoms with E-state index in [-0.39, 0.29) is 12.6 Å². The van der Waals surface area contributed by atoms with E-state index in [0.717, 1.165) is 5.56 Å². The maximum atomic E-state index is 12.1. The lowest BCUT2D eigenvalue weighted by atomic mass is 10.1. The van der Waals surface area contributed by atoms with Crippen molar-refractivity contribution in [3.63, 3.8) is 0 Å². The van der Waals surface area contributed by atoms with E-state index >= 15 is 0 Å². The van der Waals surface area contributed by atoms with Gasteiger partial charge in [-0.25, -0.2) is 0 Å². The van der Waals surface area contributed by atoms with Gasteiger partial charge in [-0.1, -0.05) is 23.7 Å². The average molecular weight is 308 g/mol. The molecule has 1 unspecified atom stereocenters. The molecule has 20 heavy (non-hydrogen) atoms. The first kappa shape index (κ1) is 16.6. The van der Waals surface area contributed by atoms with Crippen molar-refractivity contribution in [1.82, 2.24) is 10.6 Å². The number of halogens is 4. The summed E-state index contributed by atoms with van der Waals surface area (Å²) in [6, 6.07) is 7.12. The summed E-state index contributed by atoms with van der Waals surface area (Å²) in [5.41, 5.74) is 0.966. The molecule has 0 aliphatic rings. The Morgan fingerprint density at radius 1 is 1.30 bits per heavy atom. The van der Waals surface area contributed by atoms with Crippen LogP contribution >= 0.6 is 11.6 Å². The zero-order valence-electron chi connectivity index (χ0n) is 11.3. The lowest BCUT2D eigenvalue weighted by molar-refractivity contribution is -0.132. The number of nitrogens with zero attached hydrogens (tertiary/aromatic N) is 1. The smallest absolute Gasteiger partial charge is 0.356 e. The zero-order chi connectivity index (χ0) is 15.2. The molecule has 1 rings (SSSR count). The highest BCUT2D eigenvalue weighted by molar-refractivity contribution is 6.30. The molecule has 1 atom stereocenters. The molecule has 0 aromatic heterocycles. The lowest BCUT2D eigenvalue weighted by Crippen LogP contribution is -2.40. The van der Waals surface area contributed by atoms with Gasteiger partial charge in [0, 0.05) is 18.6 Å². The van der Waals surface area contributed by atoms with Crippen molar-refractivity contribution >= 4 is 17.6 Å². The van der Waals surface area contributed by atoms with Crippen LogP contribution in [0.4, 0.5) is 13.2 Å². The van der Waals surface area contributed by atoms with Crippen molar-refractivity contribution in [2.45, 2.75) is 25.6 Å². The summed E-state index contributed by atoms with van der Waals surface area (Å²) >= 11 is 5.80. The van der Waals surface area contributed by atoms with E-state index < -0.39 is 12.6 Å². The van der Waals surface area contributed by atoms with E-state index in [1.165, 1.54) is 7.05 Å². The van der Waals surface area contributed by atoms with E-state index in [1.54, 1.807) is 12.1 Å². The van der Waals surface area contributed by atoms with Gasteiger partial charge in [-0.2, -0.15) is 13.2 Å². The minimum absolute atomic E-state index is 0.0932. The molecule has 0 radical (unpaired) electrons. The van der Waals surface area contributed by atoms with Crippen LogP contribution in [0.1, 0.15) is 24.9 Å². The quantitative estimate of drug-likeness (QED) is 0.659. The summed E-state index contributed by atoms with van der Waals surface area (Å²) in [6.07, 6.45) is -5.07. The summed E-state index contributed by atoms with van der Waals surface area (Å²) in [6.45, 7) is 1.68. The van der Waals surface area contributed by atoms with E-state index in [4.69, 9.17) is 11.6 Å².